The fourth-order valence-corrected chi connectivity index (χ4v) is 2.62. The van der Waals surface area contributed by atoms with Crippen LogP contribution in [-0.2, 0) is 19.7 Å². The smallest absolute Gasteiger partial charge is 0.161 e. The summed E-state index contributed by atoms with van der Waals surface area (Å²) in [7, 11) is 1.67. The van der Waals surface area contributed by atoms with E-state index in [2.05, 4.69) is 47.6 Å². The molecule has 0 amide bonds. The first kappa shape index (κ1) is 20.7. The normalized spacial score (nSPS) is 10.1. The van der Waals surface area contributed by atoms with Gasteiger partial charge in [0, 0.05) is 19.3 Å². The highest BCUT2D eigenvalue weighted by Crippen LogP contribution is 2.29. The van der Waals surface area contributed by atoms with Gasteiger partial charge in [-0.15, -0.1) is 12.4 Å². The number of rotatable bonds is 8. The Morgan fingerprint density at radius 1 is 0.889 bits per heavy atom. The molecular weight excluding hydrogens is 360 g/mol. The zero-order chi connectivity index (χ0) is 18.2. The largest absolute Gasteiger partial charge is 0.493 e. The van der Waals surface area contributed by atoms with Gasteiger partial charge in [-0.05, 0) is 42.3 Å². The molecule has 1 aromatic heterocycles. The highest BCUT2D eigenvalue weighted by atomic mass is 35.5. The monoisotopic (exact) mass is 384 g/mol. The fraction of sp³-hybridized carbons (Fsp3) is 0.227. The third kappa shape index (κ3) is 6.27. The molecule has 3 rings (SSSR count). The van der Waals surface area contributed by atoms with Crippen LogP contribution in [0.4, 0.5) is 0 Å². The summed E-state index contributed by atoms with van der Waals surface area (Å²) in [5, 5.41) is 3.39. The summed E-state index contributed by atoms with van der Waals surface area (Å²) in [4.78, 5) is 4.31. The molecule has 0 atom stereocenters. The molecule has 0 bridgehead atoms. The standard InChI is InChI=1S/C22H24N2O2.ClH/c1-17-6-8-18(9-7-17)16-26-21-11-10-19(13-22(21)25-2)14-23-15-20-5-3-4-12-24-20;/h3-13,23H,14-16H2,1-2H3;1H. The second-order valence-electron chi connectivity index (χ2n) is 6.18. The van der Waals surface area contributed by atoms with Crippen molar-refractivity contribution in [2.24, 2.45) is 0 Å². The first-order chi connectivity index (χ1) is 12.7. The topological polar surface area (TPSA) is 43.4 Å². The van der Waals surface area contributed by atoms with E-state index >= 15 is 0 Å². The lowest BCUT2D eigenvalue weighted by Crippen LogP contribution is -2.13. The van der Waals surface area contributed by atoms with Crippen molar-refractivity contribution in [3.05, 3.63) is 89.2 Å². The van der Waals surface area contributed by atoms with Crippen molar-refractivity contribution < 1.29 is 9.47 Å². The van der Waals surface area contributed by atoms with Gasteiger partial charge in [-0.1, -0.05) is 42.0 Å². The number of aryl methyl sites for hydroxylation is 1. The van der Waals surface area contributed by atoms with Crippen LogP contribution in [0.25, 0.3) is 0 Å². The van der Waals surface area contributed by atoms with Crippen LogP contribution in [0.5, 0.6) is 11.5 Å². The number of nitrogens with zero attached hydrogens (tertiary/aromatic N) is 1. The van der Waals surface area contributed by atoms with Crippen LogP contribution in [0.15, 0.2) is 66.9 Å². The van der Waals surface area contributed by atoms with Crippen molar-refractivity contribution in [3.63, 3.8) is 0 Å². The Morgan fingerprint density at radius 3 is 2.37 bits per heavy atom. The fourth-order valence-electron chi connectivity index (χ4n) is 2.62. The molecule has 3 aromatic rings. The van der Waals surface area contributed by atoms with Crippen LogP contribution in [0.2, 0.25) is 0 Å². The van der Waals surface area contributed by atoms with Crippen molar-refractivity contribution >= 4 is 12.4 Å². The number of hydrogen-bond acceptors (Lipinski definition) is 4. The van der Waals surface area contributed by atoms with E-state index < -0.39 is 0 Å². The van der Waals surface area contributed by atoms with Crippen molar-refractivity contribution in [2.75, 3.05) is 7.11 Å². The van der Waals surface area contributed by atoms with E-state index in [0.29, 0.717) is 6.61 Å². The second-order valence-corrected chi connectivity index (χ2v) is 6.18. The third-order valence-electron chi connectivity index (χ3n) is 4.10. The number of benzene rings is 2. The zero-order valence-corrected chi connectivity index (χ0v) is 16.5. The molecule has 0 radical (unpaired) electrons. The molecule has 1 heterocycles. The van der Waals surface area contributed by atoms with Crippen molar-refractivity contribution in [1.29, 1.82) is 0 Å². The average molecular weight is 385 g/mol. The van der Waals surface area contributed by atoms with Crippen molar-refractivity contribution in [3.8, 4) is 11.5 Å². The summed E-state index contributed by atoms with van der Waals surface area (Å²) in [5.41, 5.74) is 4.55. The minimum atomic E-state index is 0. The van der Waals surface area contributed by atoms with Gasteiger partial charge in [-0.2, -0.15) is 0 Å². The SMILES string of the molecule is COc1cc(CNCc2ccccn2)ccc1OCc1ccc(C)cc1.Cl. The summed E-state index contributed by atoms with van der Waals surface area (Å²) in [5.74, 6) is 1.50. The molecule has 0 saturated carbocycles. The van der Waals surface area contributed by atoms with E-state index in [1.54, 1.807) is 13.3 Å². The third-order valence-corrected chi connectivity index (χ3v) is 4.10. The number of nitrogens with one attached hydrogen (secondary N) is 1. The lowest BCUT2D eigenvalue weighted by atomic mass is 10.1. The molecule has 5 heteroatoms. The predicted octanol–water partition coefficient (Wildman–Crippen LogP) is 4.69. The molecule has 2 aromatic carbocycles. The lowest BCUT2D eigenvalue weighted by Gasteiger charge is -2.13. The maximum Gasteiger partial charge on any atom is 0.161 e. The van der Waals surface area contributed by atoms with E-state index in [1.807, 2.05) is 30.3 Å². The molecule has 0 aliphatic heterocycles. The number of methoxy groups -OCH3 is 1. The Balaban J connectivity index is 0.00000261. The van der Waals surface area contributed by atoms with Crippen molar-refractivity contribution in [2.45, 2.75) is 26.6 Å². The first-order valence-corrected chi connectivity index (χ1v) is 8.70. The Morgan fingerprint density at radius 2 is 1.67 bits per heavy atom. The van der Waals surface area contributed by atoms with Gasteiger partial charge in [0.05, 0.1) is 12.8 Å². The van der Waals surface area contributed by atoms with Gasteiger partial charge in [0.25, 0.3) is 0 Å². The molecule has 0 saturated heterocycles. The summed E-state index contributed by atoms with van der Waals surface area (Å²) < 4.78 is 11.4. The summed E-state index contributed by atoms with van der Waals surface area (Å²) >= 11 is 0. The van der Waals surface area contributed by atoms with E-state index in [0.717, 1.165) is 41.4 Å². The quantitative estimate of drug-likeness (QED) is 0.611. The molecule has 0 aliphatic rings. The Labute approximate surface area is 167 Å². The molecule has 0 fully saturated rings. The van der Waals surface area contributed by atoms with Gasteiger partial charge in [0.15, 0.2) is 11.5 Å². The molecule has 1 N–H and O–H groups in total. The highest BCUT2D eigenvalue weighted by molar-refractivity contribution is 5.85. The van der Waals surface area contributed by atoms with E-state index in [4.69, 9.17) is 9.47 Å². The van der Waals surface area contributed by atoms with Crippen LogP contribution in [-0.4, -0.2) is 12.1 Å². The molecule has 0 spiro atoms. The minimum Gasteiger partial charge on any atom is -0.493 e. The summed E-state index contributed by atoms with van der Waals surface area (Å²) in [6, 6.07) is 20.3. The molecule has 27 heavy (non-hydrogen) atoms. The number of pyridine rings is 1. The zero-order valence-electron chi connectivity index (χ0n) is 15.6. The van der Waals surface area contributed by atoms with E-state index in [9.17, 15) is 0 Å². The van der Waals surface area contributed by atoms with Gasteiger partial charge in [0.2, 0.25) is 0 Å². The van der Waals surface area contributed by atoms with Crippen LogP contribution in [0.1, 0.15) is 22.4 Å². The van der Waals surface area contributed by atoms with Gasteiger partial charge >= 0.3 is 0 Å². The summed E-state index contributed by atoms with van der Waals surface area (Å²) in [6.45, 7) is 4.07. The van der Waals surface area contributed by atoms with Gasteiger partial charge in [-0.3, -0.25) is 4.98 Å². The number of halogens is 1. The lowest BCUT2D eigenvalue weighted by molar-refractivity contribution is 0.284. The van der Waals surface area contributed by atoms with Gasteiger partial charge < -0.3 is 14.8 Å². The first-order valence-electron chi connectivity index (χ1n) is 8.70. The van der Waals surface area contributed by atoms with E-state index in [1.165, 1.54) is 5.56 Å². The van der Waals surface area contributed by atoms with Crippen LogP contribution < -0.4 is 14.8 Å². The Kier molecular flexibility index (Phi) is 8.11. The Hall–Kier alpha value is -2.56. The molecule has 4 nitrogen and oxygen atoms in total. The highest BCUT2D eigenvalue weighted by Gasteiger charge is 2.06. The van der Waals surface area contributed by atoms with Gasteiger partial charge in [0.1, 0.15) is 6.61 Å². The minimum absolute atomic E-state index is 0. The van der Waals surface area contributed by atoms with Gasteiger partial charge in [-0.25, -0.2) is 0 Å². The molecular formula is C22H25ClN2O2. The maximum absolute atomic E-state index is 5.93. The van der Waals surface area contributed by atoms with Crippen LogP contribution >= 0.6 is 12.4 Å². The number of hydrogen-bond donors (Lipinski definition) is 1. The molecule has 0 aliphatic carbocycles. The van der Waals surface area contributed by atoms with Crippen LogP contribution in [0.3, 0.4) is 0 Å². The summed E-state index contributed by atoms with van der Waals surface area (Å²) in [6.07, 6.45) is 1.81. The number of ether oxygens (including phenoxy) is 2. The molecule has 142 valence electrons. The predicted molar refractivity (Wildman–Crippen MR) is 111 cm³/mol. The Bertz CT molecular complexity index is 823. The van der Waals surface area contributed by atoms with E-state index in [-0.39, 0.29) is 12.4 Å². The number of aromatic nitrogens is 1. The van der Waals surface area contributed by atoms with Crippen molar-refractivity contribution in [1.82, 2.24) is 10.3 Å². The second kappa shape index (κ2) is 10.6. The maximum atomic E-state index is 5.93. The average Bonchev–Trinajstić information content (AvgIpc) is 2.69. The van der Waals surface area contributed by atoms with Crippen LogP contribution in [0, 0.1) is 6.92 Å². The molecule has 0 unspecified atom stereocenters.